The largest absolute Gasteiger partial charge is 0.327 e. The third-order valence-electron chi connectivity index (χ3n) is 2.49. The maximum Gasteiger partial charge on any atom is 0.164 e. The minimum atomic E-state index is -0.0850. The van der Waals surface area contributed by atoms with E-state index in [9.17, 15) is 4.79 Å². The zero-order valence-electron chi connectivity index (χ0n) is 10.7. The van der Waals surface area contributed by atoms with Gasteiger partial charge in [-0.1, -0.05) is 32.4 Å². The molecular weight excluding hydrogens is 234 g/mol. The molecule has 0 aliphatic carbocycles. The fraction of sp³-hybridized carbons (Fsp3) is 0.500. The molecule has 94 valence electrons. The summed E-state index contributed by atoms with van der Waals surface area (Å²) < 4.78 is 0. The van der Waals surface area contributed by atoms with Crippen molar-refractivity contribution in [3.63, 3.8) is 0 Å². The van der Waals surface area contributed by atoms with E-state index in [0.717, 1.165) is 6.42 Å². The van der Waals surface area contributed by atoms with Crippen LogP contribution >= 0.6 is 11.6 Å². The van der Waals surface area contributed by atoms with E-state index in [2.05, 4.69) is 20.8 Å². The molecule has 0 aliphatic rings. The van der Waals surface area contributed by atoms with E-state index in [-0.39, 0.29) is 17.2 Å². The third kappa shape index (κ3) is 5.33. The normalized spacial score (nSPS) is 13.5. The minimum Gasteiger partial charge on any atom is -0.327 e. The Morgan fingerprint density at radius 2 is 1.82 bits per heavy atom. The van der Waals surface area contributed by atoms with Crippen LogP contribution in [-0.4, -0.2) is 11.8 Å². The van der Waals surface area contributed by atoms with Crippen molar-refractivity contribution in [2.45, 2.75) is 39.7 Å². The predicted molar refractivity (Wildman–Crippen MR) is 72.4 cm³/mol. The second kappa shape index (κ2) is 5.65. The van der Waals surface area contributed by atoms with Gasteiger partial charge in [0.05, 0.1) is 0 Å². The van der Waals surface area contributed by atoms with E-state index in [0.29, 0.717) is 17.0 Å². The molecule has 1 rings (SSSR count). The Kier molecular flexibility index (Phi) is 4.72. The molecule has 2 N–H and O–H groups in total. The van der Waals surface area contributed by atoms with Crippen LogP contribution in [0.15, 0.2) is 24.3 Å². The molecule has 0 amide bonds. The van der Waals surface area contributed by atoms with Crippen LogP contribution in [0, 0.1) is 5.41 Å². The Balaban J connectivity index is 2.57. The van der Waals surface area contributed by atoms with Crippen LogP contribution in [0.4, 0.5) is 0 Å². The zero-order valence-corrected chi connectivity index (χ0v) is 11.4. The lowest BCUT2D eigenvalue weighted by atomic mass is 9.86. The van der Waals surface area contributed by atoms with Gasteiger partial charge in [0.15, 0.2) is 5.78 Å². The Morgan fingerprint density at radius 3 is 2.29 bits per heavy atom. The first kappa shape index (κ1) is 14.2. The summed E-state index contributed by atoms with van der Waals surface area (Å²) in [6.07, 6.45) is 1.23. The maximum absolute atomic E-state index is 11.9. The summed E-state index contributed by atoms with van der Waals surface area (Å²) in [5.41, 5.74) is 6.81. The molecule has 0 aromatic heterocycles. The van der Waals surface area contributed by atoms with Gasteiger partial charge in [-0.05, 0) is 36.1 Å². The quantitative estimate of drug-likeness (QED) is 0.832. The van der Waals surface area contributed by atoms with Crippen molar-refractivity contribution in [1.29, 1.82) is 0 Å². The molecule has 1 aromatic rings. The fourth-order valence-corrected chi connectivity index (χ4v) is 1.98. The molecule has 0 bridgehead atoms. The summed E-state index contributed by atoms with van der Waals surface area (Å²) in [5.74, 6) is 0.0819. The number of hydrogen-bond acceptors (Lipinski definition) is 2. The number of halogens is 1. The standard InChI is InChI=1S/C14H20ClNO/c1-14(2,3)9-12(16)8-13(17)10-4-6-11(15)7-5-10/h4-7,12H,8-9,16H2,1-3H3. The number of rotatable bonds is 4. The van der Waals surface area contributed by atoms with Crippen LogP contribution in [-0.2, 0) is 0 Å². The molecule has 0 heterocycles. The van der Waals surface area contributed by atoms with Crippen molar-refractivity contribution in [1.82, 2.24) is 0 Å². The van der Waals surface area contributed by atoms with Crippen LogP contribution in [0.1, 0.15) is 44.0 Å². The number of hydrogen-bond donors (Lipinski definition) is 1. The van der Waals surface area contributed by atoms with E-state index in [1.54, 1.807) is 24.3 Å². The topological polar surface area (TPSA) is 43.1 Å². The van der Waals surface area contributed by atoms with Crippen LogP contribution < -0.4 is 5.73 Å². The van der Waals surface area contributed by atoms with E-state index < -0.39 is 0 Å². The Hall–Kier alpha value is -0.860. The molecule has 0 aliphatic heterocycles. The lowest BCUT2D eigenvalue weighted by molar-refractivity contribution is 0.0968. The molecule has 0 radical (unpaired) electrons. The molecular formula is C14H20ClNO. The summed E-state index contributed by atoms with van der Waals surface area (Å²) in [4.78, 5) is 11.9. The van der Waals surface area contributed by atoms with Gasteiger partial charge in [0.1, 0.15) is 0 Å². The summed E-state index contributed by atoms with van der Waals surface area (Å²) in [5, 5.41) is 0.639. The lowest BCUT2D eigenvalue weighted by Gasteiger charge is -2.22. The Morgan fingerprint density at radius 1 is 1.29 bits per heavy atom. The van der Waals surface area contributed by atoms with Gasteiger partial charge < -0.3 is 5.73 Å². The van der Waals surface area contributed by atoms with E-state index in [1.807, 2.05) is 0 Å². The summed E-state index contributed by atoms with van der Waals surface area (Å²) in [7, 11) is 0. The molecule has 0 fully saturated rings. The van der Waals surface area contributed by atoms with E-state index in [4.69, 9.17) is 17.3 Å². The van der Waals surface area contributed by atoms with Crippen molar-refractivity contribution < 1.29 is 4.79 Å². The first-order valence-electron chi connectivity index (χ1n) is 5.82. The number of benzene rings is 1. The van der Waals surface area contributed by atoms with Gasteiger partial charge >= 0.3 is 0 Å². The molecule has 1 aromatic carbocycles. The smallest absolute Gasteiger partial charge is 0.164 e. The number of ketones is 1. The highest BCUT2D eigenvalue weighted by molar-refractivity contribution is 6.30. The highest BCUT2D eigenvalue weighted by Crippen LogP contribution is 2.22. The maximum atomic E-state index is 11.9. The molecule has 17 heavy (non-hydrogen) atoms. The zero-order chi connectivity index (χ0) is 13.1. The van der Waals surface area contributed by atoms with Gasteiger partial charge in [0.25, 0.3) is 0 Å². The summed E-state index contributed by atoms with van der Waals surface area (Å²) in [6.45, 7) is 6.37. The van der Waals surface area contributed by atoms with Gasteiger partial charge in [0.2, 0.25) is 0 Å². The van der Waals surface area contributed by atoms with Gasteiger partial charge in [-0.3, -0.25) is 4.79 Å². The number of carbonyl (C=O) groups is 1. The molecule has 3 heteroatoms. The number of nitrogens with two attached hydrogens (primary N) is 1. The van der Waals surface area contributed by atoms with Gasteiger partial charge in [0, 0.05) is 23.0 Å². The summed E-state index contributed by atoms with van der Waals surface area (Å²) in [6, 6.07) is 6.86. The van der Waals surface area contributed by atoms with Crippen molar-refractivity contribution in [2.24, 2.45) is 11.1 Å². The molecule has 0 saturated carbocycles. The van der Waals surface area contributed by atoms with E-state index in [1.165, 1.54) is 0 Å². The van der Waals surface area contributed by atoms with Gasteiger partial charge in [-0.25, -0.2) is 0 Å². The Bertz CT molecular complexity index is 378. The van der Waals surface area contributed by atoms with Crippen molar-refractivity contribution >= 4 is 17.4 Å². The third-order valence-corrected chi connectivity index (χ3v) is 2.74. The minimum absolute atomic E-state index is 0.0819. The second-order valence-electron chi connectivity index (χ2n) is 5.66. The first-order valence-corrected chi connectivity index (χ1v) is 6.20. The second-order valence-corrected chi connectivity index (χ2v) is 6.10. The van der Waals surface area contributed by atoms with Crippen LogP contribution in [0.2, 0.25) is 5.02 Å². The number of carbonyl (C=O) groups excluding carboxylic acids is 1. The molecule has 1 atom stereocenters. The van der Waals surface area contributed by atoms with Crippen molar-refractivity contribution in [3.8, 4) is 0 Å². The summed E-state index contributed by atoms with van der Waals surface area (Å²) >= 11 is 5.77. The van der Waals surface area contributed by atoms with Crippen LogP contribution in [0.3, 0.4) is 0 Å². The lowest BCUT2D eigenvalue weighted by Crippen LogP contribution is -2.28. The highest BCUT2D eigenvalue weighted by Gasteiger charge is 2.18. The SMILES string of the molecule is CC(C)(C)CC(N)CC(=O)c1ccc(Cl)cc1. The van der Waals surface area contributed by atoms with Gasteiger partial charge in [-0.15, -0.1) is 0 Å². The average molecular weight is 254 g/mol. The van der Waals surface area contributed by atoms with E-state index >= 15 is 0 Å². The van der Waals surface area contributed by atoms with Crippen LogP contribution in [0.5, 0.6) is 0 Å². The van der Waals surface area contributed by atoms with Crippen LogP contribution in [0.25, 0.3) is 0 Å². The van der Waals surface area contributed by atoms with Gasteiger partial charge in [-0.2, -0.15) is 0 Å². The molecule has 0 saturated heterocycles. The Labute approximate surface area is 108 Å². The molecule has 0 spiro atoms. The van der Waals surface area contributed by atoms with Crippen molar-refractivity contribution in [3.05, 3.63) is 34.9 Å². The van der Waals surface area contributed by atoms with Crippen molar-refractivity contribution in [2.75, 3.05) is 0 Å². The molecule has 2 nitrogen and oxygen atoms in total. The molecule has 1 unspecified atom stereocenters. The first-order chi connectivity index (χ1) is 7.78. The highest BCUT2D eigenvalue weighted by atomic mass is 35.5. The predicted octanol–water partition coefficient (Wildman–Crippen LogP) is 3.68. The monoisotopic (exact) mass is 253 g/mol. The number of Topliss-reactive ketones (excluding diaryl/α,β-unsaturated/α-hetero) is 1. The average Bonchev–Trinajstić information content (AvgIpc) is 2.15. The fourth-order valence-electron chi connectivity index (χ4n) is 1.85.